The van der Waals surface area contributed by atoms with Gasteiger partial charge < -0.3 is 4.43 Å². The molecule has 0 bridgehead atoms. The molecule has 0 heterocycles. The summed E-state index contributed by atoms with van der Waals surface area (Å²) in [6.45, 7) is 7.57. The van der Waals surface area contributed by atoms with E-state index in [4.69, 9.17) is 4.43 Å². The summed E-state index contributed by atoms with van der Waals surface area (Å²) in [7, 11) is -1.23. The van der Waals surface area contributed by atoms with E-state index in [0.29, 0.717) is 0 Å². The summed E-state index contributed by atoms with van der Waals surface area (Å²) in [5.74, 6) is 0.981. The topological polar surface area (TPSA) is 9.23 Å². The molecule has 0 aromatic rings. The van der Waals surface area contributed by atoms with Gasteiger partial charge in [0.05, 0.1) is 0 Å². The lowest BCUT2D eigenvalue weighted by atomic mass is 10.4. The first kappa shape index (κ1) is 10.5. The lowest BCUT2D eigenvalue weighted by molar-refractivity contribution is 0.304. The van der Waals surface area contributed by atoms with E-state index in [-0.39, 0.29) is 0 Å². The van der Waals surface area contributed by atoms with Gasteiger partial charge in [-0.3, -0.25) is 0 Å². The number of thiol groups is 1. The van der Waals surface area contributed by atoms with Gasteiger partial charge in [-0.25, -0.2) is 0 Å². The molecule has 0 aromatic carbocycles. The zero-order chi connectivity index (χ0) is 8.04. The van der Waals surface area contributed by atoms with Gasteiger partial charge in [-0.15, -0.1) is 0 Å². The van der Waals surface area contributed by atoms with Crippen LogP contribution < -0.4 is 0 Å². The minimum absolute atomic E-state index is 0.927. The molecule has 0 aromatic heterocycles. The summed E-state index contributed by atoms with van der Waals surface area (Å²) in [5, 5.41) is 0. The van der Waals surface area contributed by atoms with Gasteiger partial charge in [0.1, 0.15) is 0 Å². The van der Waals surface area contributed by atoms with Crippen LogP contribution in [0.15, 0.2) is 0 Å². The second kappa shape index (κ2) is 5.21. The van der Waals surface area contributed by atoms with Gasteiger partial charge in [-0.05, 0) is 38.2 Å². The molecule has 0 N–H and O–H groups in total. The molecular weight excluding hydrogens is 160 g/mol. The molecule has 3 heteroatoms. The van der Waals surface area contributed by atoms with Crippen LogP contribution in [0, 0.1) is 0 Å². The molecule has 0 saturated carbocycles. The first-order valence-corrected chi connectivity index (χ1v) is 7.85. The molecule has 0 atom stereocenters. The second-order valence-corrected chi connectivity index (χ2v) is 8.35. The molecule has 0 aliphatic rings. The largest absolute Gasteiger partial charge is 0.418 e. The van der Waals surface area contributed by atoms with E-state index in [2.05, 4.69) is 32.3 Å². The Hall–Kier alpha value is 0.527. The third kappa shape index (κ3) is 8.53. The van der Waals surface area contributed by atoms with Crippen LogP contribution in [0.25, 0.3) is 0 Å². The maximum Gasteiger partial charge on any atom is 0.183 e. The summed E-state index contributed by atoms with van der Waals surface area (Å²) < 4.78 is 5.64. The van der Waals surface area contributed by atoms with Crippen molar-refractivity contribution in [3.05, 3.63) is 0 Å². The molecule has 62 valence electrons. The van der Waals surface area contributed by atoms with Gasteiger partial charge in [-0.2, -0.15) is 12.6 Å². The lowest BCUT2D eigenvalue weighted by Gasteiger charge is -2.16. The van der Waals surface area contributed by atoms with E-state index in [0.717, 1.165) is 18.8 Å². The fraction of sp³-hybridized carbons (Fsp3) is 1.00. The van der Waals surface area contributed by atoms with Crippen molar-refractivity contribution in [3.8, 4) is 0 Å². The molecule has 0 aliphatic carbocycles. The first-order chi connectivity index (χ1) is 4.56. The van der Waals surface area contributed by atoms with Crippen LogP contribution in [0.4, 0.5) is 0 Å². The van der Waals surface area contributed by atoms with Crippen LogP contribution >= 0.6 is 12.6 Å². The van der Waals surface area contributed by atoms with Crippen LogP contribution in [0.5, 0.6) is 0 Å². The molecule has 0 spiro atoms. The quantitative estimate of drug-likeness (QED) is 0.387. The van der Waals surface area contributed by atoms with Crippen molar-refractivity contribution >= 4 is 20.9 Å². The van der Waals surface area contributed by atoms with Crippen LogP contribution in [-0.4, -0.2) is 20.7 Å². The van der Waals surface area contributed by atoms with E-state index in [1.165, 1.54) is 6.42 Å². The average Bonchev–Trinajstić information content (AvgIpc) is 1.78. The Morgan fingerprint density at radius 2 is 1.80 bits per heavy atom. The summed E-state index contributed by atoms with van der Waals surface area (Å²) in [5.41, 5.74) is 0. The average molecular weight is 178 g/mol. The highest BCUT2D eigenvalue weighted by Gasteiger charge is 2.12. The zero-order valence-electron chi connectivity index (χ0n) is 7.18. The Kier molecular flexibility index (Phi) is 5.49. The third-order valence-corrected chi connectivity index (χ3v) is 2.47. The normalized spacial score (nSPS) is 12.0. The standard InChI is InChI=1S/C7H18OSSi/c1-10(2,3)8-6-4-5-7-9/h9H,4-7H2,1-3H3. The molecular formula is C7H18OSSi. The minimum Gasteiger partial charge on any atom is -0.418 e. The molecule has 0 aliphatic heterocycles. The van der Waals surface area contributed by atoms with Crippen molar-refractivity contribution in [2.75, 3.05) is 12.4 Å². The number of rotatable bonds is 5. The monoisotopic (exact) mass is 178 g/mol. The molecule has 0 unspecified atom stereocenters. The van der Waals surface area contributed by atoms with Gasteiger partial charge in [0.15, 0.2) is 8.32 Å². The van der Waals surface area contributed by atoms with Gasteiger partial charge in [0.2, 0.25) is 0 Å². The Bertz CT molecular complexity index is 80.2. The number of unbranched alkanes of at least 4 members (excludes halogenated alkanes) is 1. The van der Waals surface area contributed by atoms with E-state index in [1.807, 2.05) is 0 Å². The molecule has 0 saturated heterocycles. The maximum atomic E-state index is 5.64. The summed E-state index contributed by atoms with van der Waals surface area (Å²) >= 11 is 4.12. The maximum absolute atomic E-state index is 5.64. The van der Waals surface area contributed by atoms with E-state index >= 15 is 0 Å². The molecule has 1 nitrogen and oxygen atoms in total. The van der Waals surface area contributed by atoms with Crippen molar-refractivity contribution in [3.63, 3.8) is 0 Å². The van der Waals surface area contributed by atoms with Gasteiger partial charge >= 0.3 is 0 Å². The van der Waals surface area contributed by atoms with Crippen LogP contribution in [0.1, 0.15) is 12.8 Å². The van der Waals surface area contributed by atoms with Crippen molar-refractivity contribution in [2.45, 2.75) is 32.5 Å². The molecule has 10 heavy (non-hydrogen) atoms. The highest BCUT2D eigenvalue weighted by molar-refractivity contribution is 7.80. The second-order valence-electron chi connectivity index (χ2n) is 3.39. The molecule has 0 amide bonds. The summed E-state index contributed by atoms with van der Waals surface area (Å²) in [6.07, 6.45) is 2.33. The Labute approximate surface area is 70.7 Å². The SMILES string of the molecule is C[Si](C)(C)OCCCCS. The first-order valence-electron chi connectivity index (χ1n) is 3.81. The number of hydrogen-bond donors (Lipinski definition) is 1. The van der Waals surface area contributed by atoms with Crippen molar-refractivity contribution in [2.24, 2.45) is 0 Å². The Morgan fingerprint density at radius 3 is 2.20 bits per heavy atom. The molecule has 0 rings (SSSR count). The fourth-order valence-electron chi connectivity index (χ4n) is 0.592. The van der Waals surface area contributed by atoms with Crippen molar-refractivity contribution in [1.29, 1.82) is 0 Å². The Balaban J connectivity index is 3.04. The van der Waals surface area contributed by atoms with E-state index in [1.54, 1.807) is 0 Å². The van der Waals surface area contributed by atoms with Gasteiger partial charge in [-0.1, -0.05) is 0 Å². The van der Waals surface area contributed by atoms with Crippen LogP contribution in [0.3, 0.4) is 0 Å². The van der Waals surface area contributed by atoms with E-state index in [9.17, 15) is 0 Å². The van der Waals surface area contributed by atoms with Crippen LogP contribution in [-0.2, 0) is 4.43 Å². The van der Waals surface area contributed by atoms with E-state index < -0.39 is 8.32 Å². The third-order valence-electron chi connectivity index (χ3n) is 1.09. The van der Waals surface area contributed by atoms with Crippen LogP contribution in [0.2, 0.25) is 19.6 Å². The van der Waals surface area contributed by atoms with Gasteiger partial charge in [0, 0.05) is 6.61 Å². The molecule has 0 fully saturated rings. The van der Waals surface area contributed by atoms with Crippen molar-refractivity contribution in [1.82, 2.24) is 0 Å². The lowest BCUT2D eigenvalue weighted by Crippen LogP contribution is -2.25. The summed E-state index contributed by atoms with van der Waals surface area (Å²) in [4.78, 5) is 0. The summed E-state index contributed by atoms with van der Waals surface area (Å²) in [6, 6.07) is 0. The number of hydrogen-bond acceptors (Lipinski definition) is 2. The predicted molar refractivity (Wildman–Crippen MR) is 52.4 cm³/mol. The minimum atomic E-state index is -1.23. The zero-order valence-corrected chi connectivity index (χ0v) is 9.08. The Morgan fingerprint density at radius 1 is 1.20 bits per heavy atom. The molecule has 0 radical (unpaired) electrons. The van der Waals surface area contributed by atoms with Crippen molar-refractivity contribution < 1.29 is 4.43 Å². The highest BCUT2D eigenvalue weighted by atomic mass is 32.1. The van der Waals surface area contributed by atoms with Gasteiger partial charge in [0.25, 0.3) is 0 Å². The smallest absolute Gasteiger partial charge is 0.183 e. The predicted octanol–water partition coefficient (Wildman–Crippen LogP) is 2.55. The highest BCUT2D eigenvalue weighted by Crippen LogP contribution is 2.03. The fourth-order valence-corrected chi connectivity index (χ4v) is 1.57.